The van der Waals surface area contributed by atoms with Crippen LogP contribution in [0.15, 0.2) is 83.3 Å². The van der Waals surface area contributed by atoms with Gasteiger partial charge in [-0.2, -0.15) is 0 Å². The van der Waals surface area contributed by atoms with Crippen LogP contribution in [0.5, 0.6) is 5.75 Å². The molecule has 1 unspecified atom stereocenters. The number of likely N-dealkylation sites (tertiary alicyclic amines) is 1. The molecule has 0 bridgehead atoms. The average molecular weight is 1030 g/mol. The smallest absolute Gasteiger partial charge is 0.246 e. The van der Waals surface area contributed by atoms with Crippen molar-refractivity contribution >= 4 is 69.3 Å². The number of hydrogen-bond acceptors (Lipinski definition) is 13. The molecule has 72 heavy (non-hydrogen) atoms. The van der Waals surface area contributed by atoms with Gasteiger partial charge in [-0.05, 0) is 86.9 Å². The molecule has 1 fully saturated rings. The number of anilines is 1. The predicted octanol–water partition coefficient (Wildman–Crippen LogP) is 8.24. The predicted molar refractivity (Wildman–Crippen MR) is 280 cm³/mol. The van der Waals surface area contributed by atoms with Crippen LogP contribution in [0.1, 0.15) is 97.0 Å². The van der Waals surface area contributed by atoms with Gasteiger partial charge in [0.05, 0.1) is 40.9 Å². The highest BCUT2D eigenvalue weighted by atomic mass is 35.5. The fraction of sp³-hybridized carbons (Fsp3) is 0.396. The van der Waals surface area contributed by atoms with Gasteiger partial charge < -0.3 is 35.4 Å². The molecule has 3 aromatic heterocycles. The molecule has 0 radical (unpaired) electrons. The number of halogens is 1. The standard InChI is InChI=1S/C53H60ClN9O7S2/c1-30-32(3)72-52-45(30)46(35-17-19-37(54)20-18-35)58-41(49-61-60-33(4)63(49)52)25-43(65)57-38-11-10-12-40(23-38)70-22-9-8-21-69-28-44(66)59-48(53(5,6)7)51(68)62-27-39(64)24-42(62)50(67)55-26-34-13-15-36(16-14-34)47-31(2)56-29-71-47/h10-20,23,29,39,41-42,48,64H,8-9,21-22,24-28H2,1-7H3,(H,55,67)(H,57,65)(H,59,66)/t39-,41+,42+,48?/m1/s1. The van der Waals surface area contributed by atoms with E-state index in [0.29, 0.717) is 47.6 Å². The lowest BCUT2D eigenvalue weighted by atomic mass is 9.85. The van der Waals surface area contributed by atoms with Crippen LogP contribution in [0.3, 0.4) is 0 Å². The summed E-state index contributed by atoms with van der Waals surface area (Å²) in [5.74, 6) is 0.335. The Kier molecular flexibility index (Phi) is 16.4. The molecule has 4 atom stereocenters. The zero-order valence-electron chi connectivity index (χ0n) is 41.5. The number of amides is 4. The Morgan fingerprint density at radius 2 is 1.67 bits per heavy atom. The van der Waals surface area contributed by atoms with Gasteiger partial charge in [-0.3, -0.25) is 28.7 Å². The molecule has 3 aromatic carbocycles. The summed E-state index contributed by atoms with van der Waals surface area (Å²) >= 11 is 9.49. The summed E-state index contributed by atoms with van der Waals surface area (Å²) in [5, 5.41) is 29.9. The first-order valence-corrected chi connectivity index (χ1v) is 26.0. The van der Waals surface area contributed by atoms with E-state index in [1.54, 1.807) is 40.9 Å². The number of aryl methyl sites for hydroxylation is 3. The maximum atomic E-state index is 14.0. The number of benzene rings is 3. The van der Waals surface area contributed by atoms with Crippen LogP contribution >= 0.6 is 34.3 Å². The number of carbonyl (C=O) groups is 4. The third-order valence-electron chi connectivity index (χ3n) is 12.7. The number of rotatable bonds is 18. The summed E-state index contributed by atoms with van der Waals surface area (Å²) in [7, 11) is 0. The van der Waals surface area contributed by atoms with Crippen molar-refractivity contribution in [1.29, 1.82) is 0 Å². The van der Waals surface area contributed by atoms with Gasteiger partial charge in [0.2, 0.25) is 23.6 Å². The molecule has 0 spiro atoms. The number of fused-ring (bicyclic) bond motifs is 3. The molecular weight excluding hydrogens is 974 g/mol. The number of hydrogen-bond donors (Lipinski definition) is 4. The van der Waals surface area contributed by atoms with Gasteiger partial charge in [-0.25, -0.2) is 4.98 Å². The van der Waals surface area contributed by atoms with Crippen molar-refractivity contribution in [1.82, 2.24) is 35.3 Å². The van der Waals surface area contributed by atoms with Gasteiger partial charge in [0, 0.05) is 58.9 Å². The lowest BCUT2D eigenvalue weighted by Gasteiger charge is -2.35. The van der Waals surface area contributed by atoms with E-state index in [1.165, 1.54) is 4.90 Å². The number of aliphatic imine (C=N–C) groups is 1. The molecule has 0 aliphatic carbocycles. The number of aliphatic hydroxyl groups is 1. The topological polar surface area (TPSA) is 202 Å². The SMILES string of the molecule is Cc1ncsc1-c1ccc(CNC(=O)[C@@H]2C[C@@H](O)CN2C(=O)C(NC(=O)COCCCCOc2cccc(NC(=O)C[C@@H]3N=C(c4ccc(Cl)cc4)c4c(sc(C)c4C)-n4c(C)nnc43)c2)C(C)(C)C)cc1. The van der Waals surface area contributed by atoms with Crippen LogP contribution in [-0.2, 0) is 30.5 Å². The molecule has 0 saturated carbocycles. The Bertz CT molecular complexity index is 2960. The van der Waals surface area contributed by atoms with Gasteiger partial charge in [-0.15, -0.1) is 32.9 Å². The van der Waals surface area contributed by atoms with Crippen molar-refractivity contribution < 1.29 is 33.8 Å². The molecule has 378 valence electrons. The summed E-state index contributed by atoms with van der Waals surface area (Å²) in [5.41, 5.74) is 8.32. The average Bonchev–Trinajstić information content (AvgIpc) is 4.11. The van der Waals surface area contributed by atoms with E-state index < -0.39 is 41.5 Å². The van der Waals surface area contributed by atoms with Crippen LogP contribution in [0.4, 0.5) is 5.69 Å². The van der Waals surface area contributed by atoms with Crippen molar-refractivity contribution in [2.45, 2.75) is 105 Å². The van der Waals surface area contributed by atoms with E-state index >= 15 is 0 Å². The number of nitrogens with one attached hydrogen (secondary N) is 3. The molecule has 19 heteroatoms. The number of nitrogens with zero attached hydrogens (tertiary/aromatic N) is 6. The number of aromatic nitrogens is 4. The van der Waals surface area contributed by atoms with E-state index in [2.05, 4.69) is 45.0 Å². The highest BCUT2D eigenvalue weighted by molar-refractivity contribution is 7.15. The second-order valence-corrected chi connectivity index (χ2v) is 21.7. The largest absolute Gasteiger partial charge is 0.494 e. The Morgan fingerprint density at radius 3 is 2.39 bits per heavy atom. The number of unbranched alkanes of at least 4 members (excludes halogenated alkanes) is 1. The highest BCUT2D eigenvalue weighted by Gasteiger charge is 2.44. The van der Waals surface area contributed by atoms with E-state index in [1.807, 2.05) is 99.3 Å². The molecule has 1 saturated heterocycles. The fourth-order valence-electron chi connectivity index (χ4n) is 8.83. The van der Waals surface area contributed by atoms with Gasteiger partial charge in [0.15, 0.2) is 5.82 Å². The second kappa shape index (κ2) is 22.6. The number of thiazole rings is 1. The number of aliphatic hydroxyl groups excluding tert-OH is 1. The molecule has 8 rings (SSSR count). The maximum Gasteiger partial charge on any atom is 0.246 e. The van der Waals surface area contributed by atoms with Crippen LogP contribution in [0.2, 0.25) is 5.02 Å². The van der Waals surface area contributed by atoms with Crippen LogP contribution in [-0.4, -0.2) is 104 Å². The number of β-amino-alcohol motifs (C(OH)–C–C–N with tert-alkyl or cyclic N) is 1. The zero-order chi connectivity index (χ0) is 51.3. The minimum absolute atomic E-state index is 0.0203. The normalized spacial score (nSPS) is 16.8. The van der Waals surface area contributed by atoms with E-state index in [0.717, 1.165) is 54.0 Å². The lowest BCUT2D eigenvalue weighted by molar-refractivity contribution is -0.144. The number of ether oxygens (including phenoxy) is 2. The minimum Gasteiger partial charge on any atom is -0.494 e. The summed E-state index contributed by atoms with van der Waals surface area (Å²) in [6, 6.07) is 20.1. The van der Waals surface area contributed by atoms with E-state index in [4.69, 9.17) is 26.1 Å². The minimum atomic E-state index is -0.974. The molecule has 16 nitrogen and oxygen atoms in total. The first-order chi connectivity index (χ1) is 34.4. The first kappa shape index (κ1) is 52.0. The Labute approximate surface area is 432 Å². The van der Waals surface area contributed by atoms with Gasteiger partial charge in [0.1, 0.15) is 41.3 Å². The molecule has 6 aromatic rings. The third-order valence-corrected chi connectivity index (χ3v) is 15.2. The second-order valence-electron chi connectivity index (χ2n) is 19.2. The van der Waals surface area contributed by atoms with Crippen LogP contribution in [0.25, 0.3) is 15.4 Å². The summed E-state index contributed by atoms with van der Waals surface area (Å²) in [4.78, 5) is 67.6. The van der Waals surface area contributed by atoms with Crippen molar-refractivity contribution in [3.8, 4) is 21.2 Å². The molecule has 2 aliphatic heterocycles. The van der Waals surface area contributed by atoms with Gasteiger partial charge in [-0.1, -0.05) is 74.8 Å². The van der Waals surface area contributed by atoms with E-state index in [9.17, 15) is 24.3 Å². The zero-order valence-corrected chi connectivity index (χ0v) is 43.8. The van der Waals surface area contributed by atoms with Gasteiger partial charge >= 0.3 is 0 Å². The quantitative estimate of drug-likeness (QED) is 0.0608. The first-order valence-electron chi connectivity index (χ1n) is 24.0. The van der Waals surface area contributed by atoms with Crippen molar-refractivity contribution in [2.75, 3.05) is 31.7 Å². The summed E-state index contributed by atoms with van der Waals surface area (Å²) < 4.78 is 13.7. The highest BCUT2D eigenvalue weighted by Crippen LogP contribution is 2.40. The Hall–Kier alpha value is -6.31. The molecular formula is C53H60ClN9O7S2. The Morgan fingerprint density at radius 1 is 0.931 bits per heavy atom. The summed E-state index contributed by atoms with van der Waals surface area (Å²) in [6.07, 6.45) is 0.452. The number of carbonyl (C=O) groups excluding carboxylic acids is 4. The van der Waals surface area contributed by atoms with Crippen molar-refractivity contribution in [3.63, 3.8) is 0 Å². The van der Waals surface area contributed by atoms with Crippen molar-refractivity contribution in [2.24, 2.45) is 10.4 Å². The molecule has 4 N–H and O–H groups in total. The monoisotopic (exact) mass is 1030 g/mol. The molecule has 2 aliphatic rings. The number of thiophene rings is 1. The molecule has 5 heterocycles. The summed E-state index contributed by atoms with van der Waals surface area (Å²) in [6.45, 7) is 14.1. The third kappa shape index (κ3) is 12.1. The fourth-order valence-corrected chi connectivity index (χ4v) is 11.0. The van der Waals surface area contributed by atoms with Crippen molar-refractivity contribution in [3.05, 3.63) is 128 Å². The van der Waals surface area contributed by atoms with Gasteiger partial charge in [0.25, 0.3) is 0 Å². The van der Waals surface area contributed by atoms with Crippen LogP contribution in [0, 0.1) is 33.1 Å². The lowest BCUT2D eigenvalue weighted by Crippen LogP contribution is -2.58. The van der Waals surface area contributed by atoms with E-state index in [-0.39, 0.29) is 51.0 Å². The molecule has 4 amide bonds. The maximum absolute atomic E-state index is 14.0. The van der Waals surface area contributed by atoms with Crippen LogP contribution < -0.4 is 20.7 Å². The Balaban J connectivity index is 0.786.